The Morgan fingerprint density at radius 2 is 1.89 bits per heavy atom. The molecule has 5 N–H and O–H groups in total. The highest BCUT2D eigenvalue weighted by Crippen LogP contribution is 2.44. The lowest BCUT2D eigenvalue weighted by Gasteiger charge is -2.30. The van der Waals surface area contributed by atoms with Crippen molar-refractivity contribution in [2.75, 3.05) is 46.6 Å². The van der Waals surface area contributed by atoms with Crippen molar-refractivity contribution in [3.05, 3.63) is 86.7 Å². The summed E-state index contributed by atoms with van der Waals surface area (Å²) < 4.78 is 21.8. The molecule has 1 heterocycles. The lowest BCUT2D eigenvalue weighted by Crippen LogP contribution is -2.33. The van der Waals surface area contributed by atoms with Crippen molar-refractivity contribution in [2.45, 2.75) is 31.8 Å². The zero-order chi connectivity index (χ0) is 32.8. The lowest BCUT2D eigenvalue weighted by atomic mass is 9.79. The number of carbonyl (C=O) groups is 2. The Balaban J connectivity index is 1.75. The Bertz CT molecular complexity index is 1450. The van der Waals surface area contributed by atoms with E-state index in [0.29, 0.717) is 31.7 Å². The summed E-state index contributed by atoms with van der Waals surface area (Å²) in [6.45, 7) is 2.68. The number of allylic oxidation sites excluding steroid dienone is 2. The van der Waals surface area contributed by atoms with E-state index in [-0.39, 0.29) is 65.9 Å². The number of hydrogen-bond acceptors (Lipinski definition) is 13. The molecule has 45 heavy (non-hydrogen) atoms. The molecule has 0 radical (unpaired) electrons. The zero-order valence-corrected chi connectivity index (χ0v) is 25.1. The minimum Gasteiger partial charge on any atom is -0.493 e. The average molecular weight is 624 g/mol. The summed E-state index contributed by atoms with van der Waals surface area (Å²) in [5.74, 6) is -2.18. The molecule has 0 aromatic heterocycles. The van der Waals surface area contributed by atoms with Gasteiger partial charge in [-0.1, -0.05) is 18.2 Å². The third kappa shape index (κ3) is 9.51. The quantitative estimate of drug-likeness (QED) is 0.0863. The Morgan fingerprint density at radius 1 is 1.13 bits per heavy atom. The number of nitro benzene ring substituents is 1. The summed E-state index contributed by atoms with van der Waals surface area (Å²) in [6, 6.07) is 14.9. The second kappa shape index (κ2) is 17.4. The van der Waals surface area contributed by atoms with E-state index in [4.69, 9.17) is 24.7 Å². The number of unbranched alkanes of at least 4 members (excludes halogenated alkanes) is 1. The number of nitriles is 1. The number of nitrogens with two attached hydrogens (primary N) is 1. The number of aliphatic hydroxyl groups excluding tert-OH is 1. The summed E-state index contributed by atoms with van der Waals surface area (Å²) in [6.07, 6.45) is 0.533. The molecule has 14 heteroatoms. The number of carbonyl (C=O) groups excluding carboxylic acids is 2. The lowest BCUT2D eigenvalue weighted by molar-refractivity contribution is -0.384. The van der Waals surface area contributed by atoms with Crippen molar-refractivity contribution in [1.82, 2.24) is 10.6 Å². The predicted molar refractivity (Wildman–Crippen MR) is 162 cm³/mol. The second-order valence-corrected chi connectivity index (χ2v) is 9.93. The van der Waals surface area contributed by atoms with Crippen molar-refractivity contribution in [2.24, 2.45) is 5.73 Å². The Hall–Kier alpha value is -4.97. The smallest absolute Gasteiger partial charge is 0.337 e. The molecule has 2 atom stereocenters. The van der Waals surface area contributed by atoms with E-state index >= 15 is 0 Å². The van der Waals surface area contributed by atoms with Gasteiger partial charge in [0.05, 0.1) is 35.7 Å². The van der Waals surface area contributed by atoms with Gasteiger partial charge in [0.2, 0.25) is 0 Å². The SMILES string of the molecule is COC(=O)C1=C(C#N)NC(C)=C(C(=O)OCCN)C1c1cc([N+](=O)[O-])ccc1OCCCCNCC(O)COc1ccccc1. The van der Waals surface area contributed by atoms with Gasteiger partial charge in [0.1, 0.15) is 42.6 Å². The number of nitro groups is 1. The Kier molecular flexibility index (Phi) is 13.3. The summed E-state index contributed by atoms with van der Waals surface area (Å²) in [7, 11) is 1.12. The van der Waals surface area contributed by atoms with Crippen LogP contribution >= 0.6 is 0 Å². The number of hydrogen-bond donors (Lipinski definition) is 4. The van der Waals surface area contributed by atoms with E-state index in [0.717, 1.165) is 7.11 Å². The minimum absolute atomic E-state index is 0.0414. The van der Waals surface area contributed by atoms with E-state index < -0.39 is 28.9 Å². The number of non-ortho nitro benzene ring substituents is 1. The third-order valence-corrected chi connectivity index (χ3v) is 6.74. The number of benzene rings is 2. The monoisotopic (exact) mass is 623 g/mol. The van der Waals surface area contributed by atoms with E-state index in [1.165, 1.54) is 25.1 Å². The van der Waals surface area contributed by atoms with Crippen LogP contribution in [0.15, 0.2) is 71.1 Å². The topological polar surface area (TPSA) is 208 Å². The third-order valence-electron chi connectivity index (χ3n) is 6.74. The number of para-hydroxylation sites is 1. The van der Waals surface area contributed by atoms with E-state index in [9.17, 15) is 30.1 Å². The molecule has 1 aliphatic heterocycles. The average Bonchev–Trinajstić information content (AvgIpc) is 3.05. The zero-order valence-electron chi connectivity index (χ0n) is 25.1. The molecule has 0 amide bonds. The van der Waals surface area contributed by atoms with Crippen LogP contribution in [-0.4, -0.2) is 74.6 Å². The van der Waals surface area contributed by atoms with Crippen LogP contribution in [-0.2, 0) is 19.1 Å². The van der Waals surface area contributed by atoms with Crippen molar-refractivity contribution < 1.29 is 38.6 Å². The van der Waals surface area contributed by atoms with Gasteiger partial charge in [0.15, 0.2) is 0 Å². The van der Waals surface area contributed by atoms with Crippen molar-refractivity contribution >= 4 is 17.6 Å². The fourth-order valence-corrected chi connectivity index (χ4v) is 4.63. The number of esters is 2. The number of aliphatic hydroxyl groups is 1. The number of nitrogens with zero attached hydrogens (tertiary/aromatic N) is 2. The number of methoxy groups -OCH3 is 1. The second-order valence-electron chi connectivity index (χ2n) is 9.93. The first-order valence-electron chi connectivity index (χ1n) is 14.3. The van der Waals surface area contributed by atoms with Crippen LogP contribution in [0, 0.1) is 21.4 Å². The number of rotatable bonds is 17. The van der Waals surface area contributed by atoms with Crippen LogP contribution in [0.3, 0.4) is 0 Å². The van der Waals surface area contributed by atoms with E-state index in [2.05, 4.69) is 10.6 Å². The van der Waals surface area contributed by atoms with Crippen LogP contribution in [0.5, 0.6) is 11.5 Å². The summed E-state index contributed by atoms with van der Waals surface area (Å²) in [5.41, 5.74) is 5.05. The normalized spacial score (nSPS) is 15.0. The van der Waals surface area contributed by atoms with Gasteiger partial charge in [-0.05, 0) is 44.5 Å². The maximum Gasteiger partial charge on any atom is 0.337 e. The highest BCUT2D eigenvalue weighted by Gasteiger charge is 2.41. The molecule has 0 aliphatic carbocycles. The molecule has 0 fully saturated rings. The fraction of sp³-hybridized carbons (Fsp3) is 0.387. The molecular formula is C31H37N5O9. The Morgan fingerprint density at radius 3 is 2.56 bits per heavy atom. The molecule has 2 unspecified atom stereocenters. The summed E-state index contributed by atoms with van der Waals surface area (Å²) >= 11 is 0. The predicted octanol–water partition coefficient (Wildman–Crippen LogP) is 2.20. The van der Waals surface area contributed by atoms with Crippen LogP contribution in [0.1, 0.15) is 31.2 Å². The van der Waals surface area contributed by atoms with Gasteiger partial charge in [0, 0.05) is 36.5 Å². The fourth-order valence-electron chi connectivity index (χ4n) is 4.63. The summed E-state index contributed by atoms with van der Waals surface area (Å²) in [5, 5.41) is 37.6. The molecule has 0 bridgehead atoms. The standard InChI is InChI=1S/C31H37N5O9/c1-20-27(31(39)44-15-12-32)28(29(30(38)42-2)25(17-33)35-20)24-16-21(36(40)41)10-11-26(24)43-14-7-6-13-34-18-22(37)19-45-23-8-4-3-5-9-23/h3-5,8-11,16,22,28,34-35,37H,6-7,12-15,18-19,32H2,1-2H3. The molecule has 240 valence electrons. The van der Waals surface area contributed by atoms with Gasteiger partial charge in [0.25, 0.3) is 5.69 Å². The highest BCUT2D eigenvalue weighted by atomic mass is 16.6. The molecule has 0 spiro atoms. The molecule has 0 saturated heterocycles. The first kappa shape index (κ1) is 34.5. The molecule has 2 aromatic rings. The first-order chi connectivity index (χ1) is 21.7. The van der Waals surface area contributed by atoms with Crippen molar-refractivity contribution in [3.8, 4) is 17.6 Å². The van der Waals surface area contributed by atoms with Crippen LogP contribution < -0.4 is 25.8 Å². The first-order valence-corrected chi connectivity index (χ1v) is 14.3. The van der Waals surface area contributed by atoms with Crippen LogP contribution in [0.2, 0.25) is 0 Å². The van der Waals surface area contributed by atoms with Crippen molar-refractivity contribution in [3.63, 3.8) is 0 Å². The number of nitrogens with one attached hydrogen (secondary N) is 2. The van der Waals surface area contributed by atoms with Crippen molar-refractivity contribution in [1.29, 1.82) is 5.26 Å². The van der Waals surface area contributed by atoms with Gasteiger partial charge >= 0.3 is 11.9 Å². The molecule has 2 aromatic carbocycles. The van der Waals surface area contributed by atoms with Gasteiger partial charge in [-0.3, -0.25) is 10.1 Å². The Labute approximate surface area is 260 Å². The molecule has 1 aliphatic rings. The molecule has 0 saturated carbocycles. The maximum atomic E-state index is 13.2. The van der Waals surface area contributed by atoms with Gasteiger partial charge in [-0.25, -0.2) is 9.59 Å². The number of dihydropyridines is 1. The maximum absolute atomic E-state index is 13.2. The highest BCUT2D eigenvalue weighted by molar-refractivity contribution is 6.00. The van der Waals surface area contributed by atoms with Crippen LogP contribution in [0.25, 0.3) is 0 Å². The largest absolute Gasteiger partial charge is 0.493 e. The van der Waals surface area contributed by atoms with E-state index in [1.54, 1.807) is 0 Å². The van der Waals surface area contributed by atoms with Crippen LogP contribution in [0.4, 0.5) is 5.69 Å². The molecule has 14 nitrogen and oxygen atoms in total. The summed E-state index contributed by atoms with van der Waals surface area (Å²) in [4.78, 5) is 37.3. The minimum atomic E-state index is -1.28. The molecular weight excluding hydrogens is 586 g/mol. The van der Waals surface area contributed by atoms with Gasteiger partial charge in [-0.2, -0.15) is 5.26 Å². The van der Waals surface area contributed by atoms with E-state index in [1.807, 2.05) is 36.4 Å². The number of ether oxygens (including phenoxy) is 4. The van der Waals surface area contributed by atoms with Gasteiger partial charge in [-0.15, -0.1) is 0 Å². The molecule has 3 rings (SSSR count). The van der Waals surface area contributed by atoms with Gasteiger partial charge < -0.3 is 40.4 Å².